The van der Waals surface area contributed by atoms with Gasteiger partial charge in [-0.3, -0.25) is 4.68 Å². The molecular formula is C13H22ClN3. The quantitative estimate of drug-likeness (QED) is 0.841. The molecule has 0 unspecified atom stereocenters. The second-order valence-electron chi connectivity index (χ2n) is 5.04. The van der Waals surface area contributed by atoms with Crippen LogP contribution in [0.3, 0.4) is 0 Å². The van der Waals surface area contributed by atoms with E-state index in [0.29, 0.717) is 6.04 Å². The molecule has 1 aromatic heterocycles. The number of hydrogen-bond acceptors (Lipinski definition) is 2. The molecule has 1 aromatic rings. The average Bonchev–Trinajstić information content (AvgIpc) is 2.53. The van der Waals surface area contributed by atoms with Gasteiger partial charge in [0.1, 0.15) is 0 Å². The van der Waals surface area contributed by atoms with Gasteiger partial charge in [0.25, 0.3) is 0 Å². The Hall–Kier alpha value is -0.540. The summed E-state index contributed by atoms with van der Waals surface area (Å²) in [7, 11) is 1.96. The minimum atomic E-state index is 0.656. The van der Waals surface area contributed by atoms with Crippen LogP contribution >= 0.6 is 11.6 Å². The van der Waals surface area contributed by atoms with Crippen LogP contribution in [-0.4, -0.2) is 15.8 Å². The molecule has 0 amide bonds. The lowest BCUT2D eigenvalue weighted by molar-refractivity contribution is 0.450. The Morgan fingerprint density at radius 1 is 1.29 bits per heavy atom. The molecule has 1 heterocycles. The Bertz CT molecular complexity index is 365. The Kier molecular flexibility index (Phi) is 4.46. The zero-order valence-electron chi connectivity index (χ0n) is 10.8. The second kappa shape index (κ2) is 5.87. The summed E-state index contributed by atoms with van der Waals surface area (Å²) in [5.41, 5.74) is 2.03. The molecular weight excluding hydrogens is 234 g/mol. The highest BCUT2D eigenvalue weighted by molar-refractivity contribution is 6.31. The fourth-order valence-electron chi connectivity index (χ4n) is 2.60. The fraction of sp³-hybridized carbons (Fsp3) is 0.769. The van der Waals surface area contributed by atoms with Crippen molar-refractivity contribution in [3.8, 4) is 0 Å². The van der Waals surface area contributed by atoms with E-state index in [9.17, 15) is 0 Å². The van der Waals surface area contributed by atoms with Gasteiger partial charge in [-0.15, -0.1) is 0 Å². The van der Waals surface area contributed by atoms with Gasteiger partial charge in [0.15, 0.2) is 0 Å². The number of nitrogens with zero attached hydrogens (tertiary/aromatic N) is 2. The molecule has 0 aliphatic heterocycles. The molecule has 0 bridgehead atoms. The maximum atomic E-state index is 6.24. The number of hydrogen-bond donors (Lipinski definition) is 1. The molecule has 0 aromatic carbocycles. The maximum Gasteiger partial charge on any atom is 0.0860 e. The molecule has 3 nitrogen and oxygen atoms in total. The van der Waals surface area contributed by atoms with Crippen molar-refractivity contribution in [1.29, 1.82) is 0 Å². The van der Waals surface area contributed by atoms with E-state index >= 15 is 0 Å². The van der Waals surface area contributed by atoms with E-state index in [1.165, 1.54) is 38.5 Å². The molecule has 1 N–H and O–H groups in total. The number of nitrogens with one attached hydrogen (secondary N) is 1. The predicted octanol–water partition coefficient (Wildman–Crippen LogP) is 3.19. The number of rotatable bonds is 3. The molecule has 96 valence electrons. The summed E-state index contributed by atoms with van der Waals surface area (Å²) in [6, 6.07) is 0.656. The Balaban J connectivity index is 1.92. The van der Waals surface area contributed by atoms with Crippen LogP contribution in [0.25, 0.3) is 0 Å². The highest BCUT2D eigenvalue weighted by Gasteiger charge is 2.15. The summed E-state index contributed by atoms with van der Waals surface area (Å²) >= 11 is 6.24. The first-order valence-corrected chi connectivity index (χ1v) is 6.97. The van der Waals surface area contributed by atoms with Crippen molar-refractivity contribution in [3.63, 3.8) is 0 Å². The monoisotopic (exact) mass is 255 g/mol. The highest BCUT2D eigenvalue weighted by Crippen LogP contribution is 2.21. The Labute approximate surface area is 109 Å². The van der Waals surface area contributed by atoms with E-state index in [1.807, 2.05) is 18.7 Å². The minimum Gasteiger partial charge on any atom is -0.308 e. The van der Waals surface area contributed by atoms with Gasteiger partial charge >= 0.3 is 0 Å². The molecule has 1 aliphatic rings. The van der Waals surface area contributed by atoms with Gasteiger partial charge < -0.3 is 5.32 Å². The van der Waals surface area contributed by atoms with Gasteiger partial charge in [0.05, 0.1) is 16.4 Å². The lowest BCUT2D eigenvalue weighted by Gasteiger charge is -2.16. The first kappa shape index (κ1) is 12.9. The molecule has 0 radical (unpaired) electrons. The van der Waals surface area contributed by atoms with Crippen LogP contribution in [-0.2, 0) is 13.6 Å². The number of aryl methyl sites for hydroxylation is 2. The normalized spacial score (nSPS) is 18.3. The molecule has 17 heavy (non-hydrogen) atoms. The van der Waals surface area contributed by atoms with Crippen LogP contribution in [0.4, 0.5) is 0 Å². The van der Waals surface area contributed by atoms with Crippen LogP contribution in [0.1, 0.15) is 49.9 Å². The van der Waals surface area contributed by atoms with Gasteiger partial charge in [0, 0.05) is 19.6 Å². The van der Waals surface area contributed by atoms with Gasteiger partial charge in [-0.25, -0.2) is 0 Å². The first-order valence-electron chi connectivity index (χ1n) is 6.60. The van der Waals surface area contributed by atoms with Gasteiger partial charge in [-0.05, 0) is 19.8 Å². The van der Waals surface area contributed by atoms with E-state index in [4.69, 9.17) is 11.6 Å². The van der Waals surface area contributed by atoms with Crippen LogP contribution in [0.5, 0.6) is 0 Å². The maximum absolute atomic E-state index is 6.24. The minimum absolute atomic E-state index is 0.656. The molecule has 1 fully saturated rings. The predicted molar refractivity (Wildman–Crippen MR) is 71.3 cm³/mol. The van der Waals surface area contributed by atoms with Crippen molar-refractivity contribution in [2.24, 2.45) is 7.05 Å². The van der Waals surface area contributed by atoms with Gasteiger partial charge in [-0.2, -0.15) is 5.10 Å². The average molecular weight is 256 g/mol. The molecule has 2 rings (SSSR count). The summed E-state index contributed by atoms with van der Waals surface area (Å²) in [6.45, 7) is 2.79. The third kappa shape index (κ3) is 3.23. The van der Waals surface area contributed by atoms with E-state index in [-0.39, 0.29) is 0 Å². The molecule has 1 saturated carbocycles. The largest absolute Gasteiger partial charge is 0.308 e. The molecule has 4 heteroatoms. The van der Waals surface area contributed by atoms with E-state index < -0.39 is 0 Å². The molecule has 0 atom stereocenters. The number of aromatic nitrogens is 2. The Morgan fingerprint density at radius 2 is 1.94 bits per heavy atom. The van der Waals surface area contributed by atoms with Crippen molar-refractivity contribution >= 4 is 11.6 Å². The summed E-state index contributed by atoms with van der Waals surface area (Å²) < 4.78 is 1.89. The smallest absolute Gasteiger partial charge is 0.0860 e. The van der Waals surface area contributed by atoms with Crippen molar-refractivity contribution in [2.45, 2.75) is 58.0 Å². The summed E-state index contributed by atoms with van der Waals surface area (Å²) in [4.78, 5) is 0. The number of halogens is 1. The fourth-order valence-corrected chi connectivity index (χ4v) is 2.82. The van der Waals surface area contributed by atoms with E-state index in [2.05, 4.69) is 10.4 Å². The summed E-state index contributed by atoms with van der Waals surface area (Å²) in [5, 5.41) is 8.78. The standard InChI is InChI=1S/C13H22ClN3/c1-10-13(14)12(17(2)16-10)9-15-11-7-5-3-4-6-8-11/h11,15H,3-9H2,1-2H3. The van der Waals surface area contributed by atoms with Crippen molar-refractivity contribution in [1.82, 2.24) is 15.1 Å². The zero-order chi connectivity index (χ0) is 12.3. The van der Waals surface area contributed by atoms with Crippen molar-refractivity contribution in [3.05, 3.63) is 16.4 Å². The first-order chi connectivity index (χ1) is 8.18. The van der Waals surface area contributed by atoms with Crippen LogP contribution in [0.15, 0.2) is 0 Å². The SMILES string of the molecule is Cc1nn(C)c(CNC2CCCCCC2)c1Cl. The lowest BCUT2D eigenvalue weighted by atomic mass is 10.1. The van der Waals surface area contributed by atoms with Crippen molar-refractivity contribution < 1.29 is 0 Å². The summed E-state index contributed by atoms with van der Waals surface area (Å²) in [5.74, 6) is 0. The zero-order valence-corrected chi connectivity index (χ0v) is 11.6. The third-order valence-electron chi connectivity index (χ3n) is 3.67. The topological polar surface area (TPSA) is 29.9 Å². The van der Waals surface area contributed by atoms with Gasteiger partial charge in [-0.1, -0.05) is 37.3 Å². The van der Waals surface area contributed by atoms with Crippen LogP contribution in [0, 0.1) is 6.92 Å². The van der Waals surface area contributed by atoms with Crippen molar-refractivity contribution in [2.75, 3.05) is 0 Å². The van der Waals surface area contributed by atoms with E-state index in [0.717, 1.165) is 23.0 Å². The molecule has 1 aliphatic carbocycles. The third-order valence-corrected chi connectivity index (χ3v) is 4.17. The Morgan fingerprint density at radius 3 is 2.47 bits per heavy atom. The summed E-state index contributed by atoms with van der Waals surface area (Å²) in [6.07, 6.45) is 8.10. The van der Waals surface area contributed by atoms with Crippen LogP contribution in [0.2, 0.25) is 5.02 Å². The molecule has 0 spiro atoms. The lowest BCUT2D eigenvalue weighted by Crippen LogP contribution is -2.28. The highest BCUT2D eigenvalue weighted by atomic mass is 35.5. The van der Waals surface area contributed by atoms with Gasteiger partial charge in [0.2, 0.25) is 0 Å². The molecule has 0 saturated heterocycles. The van der Waals surface area contributed by atoms with E-state index in [1.54, 1.807) is 0 Å². The second-order valence-corrected chi connectivity index (χ2v) is 5.42. The van der Waals surface area contributed by atoms with Crippen LogP contribution < -0.4 is 5.32 Å².